The molecule has 0 heterocycles. The van der Waals surface area contributed by atoms with Gasteiger partial charge in [-0.2, -0.15) is 0 Å². The van der Waals surface area contributed by atoms with E-state index in [4.69, 9.17) is 5.11 Å². The van der Waals surface area contributed by atoms with E-state index in [2.05, 4.69) is 12.2 Å². The summed E-state index contributed by atoms with van der Waals surface area (Å²) in [7, 11) is 0. The lowest BCUT2D eigenvalue weighted by atomic mass is 9.87. The maximum absolute atomic E-state index is 9.08. The molecular formula is C11H23NO. The van der Waals surface area contributed by atoms with Crippen LogP contribution in [0.4, 0.5) is 0 Å². The van der Waals surface area contributed by atoms with Crippen molar-refractivity contribution in [2.24, 2.45) is 5.92 Å². The van der Waals surface area contributed by atoms with Crippen LogP contribution >= 0.6 is 0 Å². The fraction of sp³-hybridized carbons (Fsp3) is 1.00. The lowest BCUT2D eigenvalue weighted by Crippen LogP contribution is -2.34. The van der Waals surface area contributed by atoms with E-state index in [0.29, 0.717) is 0 Å². The molecule has 0 bridgehead atoms. The molecule has 0 aromatic rings. The molecule has 0 aromatic carbocycles. The molecule has 1 saturated carbocycles. The molecule has 13 heavy (non-hydrogen) atoms. The van der Waals surface area contributed by atoms with Crippen LogP contribution in [0.25, 0.3) is 0 Å². The predicted molar refractivity (Wildman–Crippen MR) is 55.7 cm³/mol. The third kappa shape index (κ3) is 4.63. The summed E-state index contributed by atoms with van der Waals surface area (Å²) in [5.41, 5.74) is 0. The maximum Gasteiger partial charge on any atom is 0.0524 e. The Balaban J connectivity index is 2.02. The minimum absolute atomic E-state index is 0.157. The first kappa shape index (κ1) is 11.0. The summed E-state index contributed by atoms with van der Waals surface area (Å²) in [6.45, 7) is 5.16. The molecule has 1 fully saturated rings. The van der Waals surface area contributed by atoms with Crippen molar-refractivity contribution in [1.29, 1.82) is 0 Å². The van der Waals surface area contributed by atoms with Gasteiger partial charge in [-0.1, -0.05) is 6.92 Å². The molecular weight excluding hydrogens is 162 g/mol. The van der Waals surface area contributed by atoms with Crippen LogP contribution in [-0.2, 0) is 0 Å². The lowest BCUT2D eigenvalue weighted by molar-refractivity contribution is 0.179. The van der Waals surface area contributed by atoms with Crippen LogP contribution in [0.5, 0.6) is 0 Å². The highest BCUT2D eigenvalue weighted by Gasteiger charge is 2.17. The van der Waals surface area contributed by atoms with E-state index in [1.54, 1.807) is 0 Å². The van der Waals surface area contributed by atoms with Gasteiger partial charge >= 0.3 is 0 Å². The Morgan fingerprint density at radius 3 is 2.46 bits per heavy atom. The molecule has 78 valence electrons. The molecule has 0 aromatic heterocycles. The van der Waals surface area contributed by atoms with Gasteiger partial charge in [0.1, 0.15) is 0 Å². The number of aliphatic hydroxyl groups excluding tert-OH is 1. The van der Waals surface area contributed by atoms with Gasteiger partial charge in [0.25, 0.3) is 0 Å². The van der Waals surface area contributed by atoms with Crippen molar-refractivity contribution in [3.63, 3.8) is 0 Å². The topological polar surface area (TPSA) is 32.3 Å². The molecule has 1 unspecified atom stereocenters. The van der Waals surface area contributed by atoms with Crippen molar-refractivity contribution in [1.82, 2.24) is 5.32 Å². The van der Waals surface area contributed by atoms with E-state index in [1.165, 1.54) is 25.7 Å². The molecule has 0 aliphatic heterocycles. The summed E-state index contributed by atoms with van der Waals surface area (Å²) in [6, 6.07) is 0.718. The Kier molecular flexibility index (Phi) is 4.74. The maximum atomic E-state index is 9.08. The molecule has 1 atom stereocenters. The van der Waals surface area contributed by atoms with Gasteiger partial charge in [-0.3, -0.25) is 0 Å². The average Bonchev–Trinajstić information content (AvgIpc) is 2.08. The fourth-order valence-electron chi connectivity index (χ4n) is 1.96. The molecule has 0 spiro atoms. The Hall–Kier alpha value is -0.0800. The fourth-order valence-corrected chi connectivity index (χ4v) is 1.96. The van der Waals surface area contributed by atoms with E-state index in [9.17, 15) is 0 Å². The summed E-state index contributed by atoms with van der Waals surface area (Å²) in [4.78, 5) is 0. The number of hydrogen-bond donors (Lipinski definition) is 2. The van der Waals surface area contributed by atoms with Crippen LogP contribution in [0.3, 0.4) is 0 Å². The van der Waals surface area contributed by atoms with Crippen molar-refractivity contribution >= 4 is 0 Å². The second-order valence-corrected chi connectivity index (χ2v) is 4.55. The van der Waals surface area contributed by atoms with E-state index < -0.39 is 0 Å². The Bertz CT molecular complexity index is 128. The third-order valence-electron chi connectivity index (χ3n) is 3.01. The molecule has 1 aliphatic carbocycles. The molecule has 1 rings (SSSR count). The first-order valence-corrected chi connectivity index (χ1v) is 5.60. The van der Waals surface area contributed by atoms with Gasteiger partial charge in [0.05, 0.1) is 6.10 Å². The first-order chi connectivity index (χ1) is 6.18. The van der Waals surface area contributed by atoms with Crippen molar-refractivity contribution in [2.45, 2.75) is 58.1 Å². The summed E-state index contributed by atoms with van der Waals surface area (Å²) >= 11 is 0. The molecule has 1 aliphatic rings. The van der Waals surface area contributed by atoms with Gasteiger partial charge in [-0.05, 0) is 51.5 Å². The van der Waals surface area contributed by atoms with Gasteiger partial charge in [-0.25, -0.2) is 0 Å². The minimum Gasteiger partial charge on any atom is -0.393 e. The molecule has 2 nitrogen and oxygen atoms in total. The summed E-state index contributed by atoms with van der Waals surface area (Å²) in [5, 5.41) is 12.6. The van der Waals surface area contributed by atoms with Crippen molar-refractivity contribution in [3.05, 3.63) is 0 Å². The van der Waals surface area contributed by atoms with Crippen molar-refractivity contribution < 1.29 is 5.11 Å². The highest BCUT2D eigenvalue weighted by atomic mass is 16.3. The molecule has 2 heteroatoms. The zero-order chi connectivity index (χ0) is 9.68. The number of hydrogen-bond acceptors (Lipinski definition) is 2. The average molecular weight is 185 g/mol. The number of aliphatic hydroxyl groups is 1. The molecule has 0 saturated heterocycles. The lowest BCUT2D eigenvalue weighted by Gasteiger charge is -2.27. The molecule has 0 radical (unpaired) electrons. The normalized spacial score (nSPS) is 31.6. The number of nitrogens with one attached hydrogen (secondary N) is 1. The van der Waals surface area contributed by atoms with Gasteiger partial charge in [0.15, 0.2) is 0 Å². The predicted octanol–water partition coefficient (Wildman–Crippen LogP) is 1.93. The van der Waals surface area contributed by atoms with E-state index in [1.807, 2.05) is 6.92 Å². The quantitative estimate of drug-likeness (QED) is 0.701. The Morgan fingerprint density at radius 1 is 1.31 bits per heavy atom. The van der Waals surface area contributed by atoms with E-state index in [-0.39, 0.29) is 6.10 Å². The second-order valence-electron chi connectivity index (χ2n) is 4.55. The van der Waals surface area contributed by atoms with Crippen LogP contribution < -0.4 is 5.32 Å². The van der Waals surface area contributed by atoms with Crippen molar-refractivity contribution in [3.8, 4) is 0 Å². The third-order valence-corrected chi connectivity index (χ3v) is 3.01. The molecule has 2 N–H and O–H groups in total. The zero-order valence-corrected chi connectivity index (χ0v) is 8.92. The van der Waals surface area contributed by atoms with Crippen LogP contribution in [-0.4, -0.2) is 23.8 Å². The van der Waals surface area contributed by atoms with E-state index in [0.717, 1.165) is 24.9 Å². The van der Waals surface area contributed by atoms with Crippen LogP contribution in [0.1, 0.15) is 46.0 Å². The first-order valence-electron chi connectivity index (χ1n) is 5.60. The van der Waals surface area contributed by atoms with Crippen LogP contribution in [0.15, 0.2) is 0 Å². The Morgan fingerprint density at radius 2 is 1.92 bits per heavy atom. The Labute approximate surface area is 81.7 Å². The van der Waals surface area contributed by atoms with Gasteiger partial charge in [0.2, 0.25) is 0 Å². The second kappa shape index (κ2) is 5.61. The standard InChI is InChI=1S/C11H23NO/c1-9-3-5-11(6-4-9)12-8-7-10(2)13/h9-13H,3-8H2,1-2H3. The highest BCUT2D eigenvalue weighted by molar-refractivity contribution is 4.75. The highest BCUT2D eigenvalue weighted by Crippen LogP contribution is 2.23. The summed E-state index contributed by atoms with van der Waals surface area (Å²) in [5.74, 6) is 0.926. The summed E-state index contributed by atoms with van der Waals surface area (Å²) in [6.07, 6.45) is 6.10. The minimum atomic E-state index is -0.157. The van der Waals surface area contributed by atoms with E-state index >= 15 is 0 Å². The smallest absolute Gasteiger partial charge is 0.0524 e. The summed E-state index contributed by atoms with van der Waals surface area (Å²) < 4.78 is 0. The molecule has 0 amide bonds. The van der Waals surface area contributed by atoms with Gasteiger partial charge in [0, 0.05) is 6.04 Å². The van der Waals surface area contributed by atoms with Crippen LogP contribution in [0.2, 0.25) is 0 Å². The zero-order valence-electron chi connectivity index (χ0n) is 8.92. The van der Waals surface area contributed by atoms with Crippen LogP contribution in [0, 0.1) is 5.92 Å². The largest absolute Gasteiger partial charge is 0.393 e. The van der Waals surface area contributed by atoms with Crippen molar-refractivity contribution in [2.75, 3.05) is 6.54 Å². The van der Waals surface area contributed by atoms with Gasteiger partial charge < -0.3 is 10.4 Å². The SMILES string of the molecule is CC(O)CCNC1CCC(C)CC1. The van der Waals surface area contributed by atoms with Gasteiger partial charge in [-0.15, -0.1) is 0 Å². The monoisotopic (exact) mass is 185 g/mol. The number of rotatable bonds is 4.